The number of rotatable bonds is 9. The molecule has 0 bridgehead atoms. The van der Waals surface area contributed by atoms with Crippen molar-refractivity contribution in [3.63, 3.8) is 0 Å². The average Bonchev–Trinajstić information content (AvgIpc) is 2.75. The Hall–Kier alpha value is -3.36. The third-order valence-electron chi connectivity index (χ3n) is 5.06. The van der Waals surface area contributed by atoms with Crippen molar-refractivity contribution in [1.29, 1.82) is 0 Å². The molecule has 0 aromatic heterocycles. The lowest BCUT2D eigenvalue weighted by Crippen LogP contribution is -2.49. The summed E-state index contributed by atoms with van der Waals surface area (Å²) in [5.74, 6) is -1.66. The van der Waals surface area contributed by atoms with Crippen LogP contribution < -0.4 is 21.7 Å². The molecule has 0 aliphatic heterocycles. The highest BCUT2D eigenvalue weighted by atomic mass is 16.5. The van der Waals surface area contributed by atoms with E-state index in [9.17, 15) is 19.2 Å². The molecule has 4 amide bonds. The number of amides is 4. The fourth-order valence-electron chi connectivity index (χ4n) is 3.46. The average molecular weight is 431 g/mol. The van der Waals surface area contributed by atoms with Gasteiger partial charge in [-0.1, -0.05) is 62.4 Å². The first-order valence-corrected chi connectivity index (χ1v) is 10.4. The van der Waals surface area contributed by atoms with E-state index < -0.39 is 29.9 Å². The zero-order valence-corrected chi connectivity index (χ0v) is 17.7. The Morgan fingerprint density at radius 2 is 1.81 bits per heavy atom. The molecule has 1 aliphatic rings. The minimum Gasteiger partial charge on any atom is -0.445 e. The number of carbonyl (C=O) groups excluding carboxylic acids is 4. The SMILES string of the molecule is CC(=O)NC=C(NC(=O)[C@H](CC1CCCCC1)NC(=O)OCc1ccccc1)C(N)=O. The summed E-state index contributed by atoms with van der Waals surface area (Å²) in [4.78, 5) is 47.9. The van der Waals surface area contributed by atoms with E-state index in [0.29, 0.717) is 6.42 Å². The van der Waals surface area contributed by atoms with Gasteiger partial charge in [-0.15, -0.1) is 0 Å². The quantitative estimate of drug-likeness (QED) is 0.443. The van der Waals surface area contributed by atoms with E-state index in [1.807, 2.05) is 30.3 Å². The van der Waals surface area contributed by atoms with Crippen LogP contribution in [0.5, 0.6) is 0 Å². The summed E-state index contributed by atoms with van der Waals surface area (Å²) in [6, 6.07) is 8.27. The molecular weight excluding hydrogens is 400 g/mol. The lowest BCUT2D eigenvalue weighted by atomic mass is 9.84. The molecule has 0 radical (unpaired) electrons. The summed E-state index contributed by atoms with van der Waals surface area (Å²) in [6.07, 6.45) is 5.96. The van der Waals surface area contributed by atoms with Gasteiger partial charge in [-0.25, -0.2) is 4.79 Å². The van der Waals surface area contributed by atoms with Gasteiger partial charge < -0.3 is 26.4 Å². The Morgan fingerprint density at radius 1 is 1.13 bits per heavy atom. The van der Waals surface area contributed by atoms with Crippen LogP contribution in [-0.4, -0.2) is 29.9 Å². The van der Waals surface area contributed by atoms with Gasteiger partial charge in [0.15, 0.2) is 0 Å². The standard InChI is InChI=1S/C22H30N4O5/c1-15(27)24-13-19(20(23)28)25-21(29)18(12-16-8-4-2-5-9-16)26-22(30)31-14-17-10-6-3-7-11-17/h3,6-7,10-11,13,16,18H,2,4-5,8-9,12,14H2,1H3,(H2,23,28)(H,24,27)(H,25,29)(H,26,30)/t18-/m0/s1. The molecule has 1 aliphatic carbocycles. The summed E-state index contributed by atoms with van der Waals surface area (Å²) in [5, 5.41) is 7.31. The van der Waals surface area contributed by atoms with E-state index in [4.69, 9.17) is 10.5 Å². The first-order valence-electron chi connectivity index (χ1n) is 10.4. The van der Waals surface area contributed by atoms with Gasteiger partial charge in [0.25, 0.3) is 5.91 Å². The number of hydrogen-bond donors (Lipinski definition) is 4. The summed E-state index contributed by atoms with van der Waals surface area (Å²) >= 11 is 0. The maximum Gasteiger partial charge on any atom is 0.408 e. The van der Waals surface area contributed by atoms with Gasteiger partial charge in [0, 0.05) is 13.1 Å². The monoisotopic (exact) mass is 430 g/mol. The van der Waals surface area contributed by atoms with Gasteiger partial charge in [-0.3, -0.25) is 14.4 Å². The minimum absolute atomic E-state index is 0.0689. The van der Waals surface area contributed by atoms with E-state index in [1.54, 1.807) is 0 Å². The van der Waals surface area contributed by atoms with Gasteiger partial charge in [-0.05, 0) is 17.9 Å². The van der Waals surface area contributed by atoms with Gasteiger partial charge >= 0.3 is 6.09 Å². The normalized spacial score (nSPS) is 15.5. The second-order valence-electron chi connectivity index (χ2n) is 7.61. The van der Waals surface area contributed by atoms with E-state index in [-0.39, 0.29) is 18.2 Å². The minimum atomic E-state index is -0.912. The third-order valence-corrected chi connectivity index (χ3v) is 5.06. The number of hydrogen-bond acceptors (Lipinski definition) is 5. The number of primary amides is 1. The Labute approximate surface area is 181 Å². The lowest BCUT2D eigenvalue weighted by molar-refractivity contribution is -0.125. The molecule has 9 heteroatoms. The van der Waals surface area contributed by atoms with Crippen molar-refractivity contribution in [3.05, 3.63) is 47.8 Å². The number of nitrogens with one attached hydrogen (secondary N) is 3. The van der Waals surface area contributed by atoms with E-state index in [2.05, 4.69) is 16.0 Å². The summed E-state index contributed by atoms with van der Waals surface area (Å²) in [7, 11) is 0. The molecule has 0 saturated heterocycles. The molecule has 31 heavy (non-hydrogen) atoms. The van der Waals surface area contributed by atoms with Gasteiger partial charge in [0.1, 0.15) is 18.3 Å². The summed E-state index contributed by atoms with van der Waals surface area (Å²) in [6.45, 7) is 1.33. The predicted molar refractivity (Wildman–Crippen MR) is 114 cm³/mol. The van der Waals surface area contributed by atoms with Crippen LogP contribution in [0.4, 0.5) is 4.79 Å². The van der Waals surface area contributed by atoms with Crippen LogP contribution in [0.15, 0.2) is 42.2 Å². The summed E-state index contributed by atoms with van der Waals surface area (Å²) in [5.41, 5.74) is 5.83. The predicted octanol–water partition coefficient (Wildman–Crippen LogP) is 1.83. The highest BCUT2D eigenvalue weighted by molar-refractivity contribution is 5.98. The van der Waals surface area contributed by atoms with Crippen molar-refractivity contribution in [3.8, 4) is 0 Å². The molecule has 2 rings (SSSR count). The molecule has 1 aromatic rings. The molecule has 168 valence electrons. The van der Waals surface area contributed by atoms with Crippen molar-refractivity contribution in [1.82, 2.24) is 16.0 Å². The largest absolute Gasteiger partial charge is 0.445 e. The maximum absolute atomic E-state index is 12.8. The molecule has 9 nitrogen and oxygen atoms in total. The van der Waals surface area contributed by atoms with Crippen LogP contribution in [0, 0.1) is 5.92 Å². The molecule has 1 saturated carbocycles. The molecule has 0 spiro atoms. The third kappa shape index (κ3) is 8.90. The van der Waals surface area contributed by atoms with Gasteiger partial charge in [-0.2, -0.15) is 0 Å². The van der Waals surface area contributed by atoms with Crippen molar-refractivity contribution in [2.45, 2.75) is 58.1 Å². The zero-order valence-electron chi connectivity index (χ0n) is 17.7. The molecular formula is C22H30N4O5. The number of ether oxygens (including phenoxy) is 1. The number of benzene rings is 1. The van der Waals surface area contributed by atoms with Crippen molar-refractivity contribution in [2.75, 3.05) is 0 Å². The first-order chi connectivity index (χ1) is 14.8. The zero-order chi connectivity index (χ0) is 22.6. The van der Waals surface area contributed by atoms with E-state index >= 15 is 0 Å². The number of carbonyl (C=O) groups is 4. The molecule has 1 atom stereocenters. The Morgan fingerprint density at radius 3 is 2.42 bits per heavy atom. The van der Waals surface area contributed by atoms with Crippen LogP contribution in [0.2, 0.25) is 0 Å². The van der Waals surface area contributed by atoms with Crippen LogP contribution in [0.3, 0.4) is 0 Å². The molecule has 1 aromatic carbocycles. The molecule has 5 N–H and O–H groups in total. The summed E-state index contributed by atoms with van der Waals surface area (Å²) < 4.78 is 5.24. The second-order valence-corrected chi connectivity index (χ2v) is 7.61. The van der Waals surface area contributed by atoms with Crippen molar-refractivity contribution >= 4 is 23.8 Å². The van der Waals surface area contributed by atoms with Gasteiger partial charge in [0.05, 0.1) is 0 Å². The smallest absolute Gasteiger partial charge is 0.408 e. The fourth-order valence-corrected chi connectivity index (χ4v) is 3.46. The van der Waals surface area contributed by atoms with Crippen molar-refractivity contribution < 1.29 is 23.9 Å². The van der Waals surface area contributed by atoms with E-state index in [0.717, 1.165) is 43.9 Å². The molecule has 0 heterocycles. The number of nitrogens with two attached hydrogens (primary N) is 1. The van der Waals surface area contributed by atoms with Gasteiger partial charge in [0.2, 0.25) is 11.8 Å². The van der Waals surface area contributed by atoms with Crippen LogP contribution >= 0.6 is 0 Å². The van der Waals surface area contributed by atoms with Crippen molar-refractivity contribution in [2.24, 2.45) is 11.7 Å². The lowest BCUT2D eigenvalue weighted by Gasteiger charge is -2.26. The van der Waals surface area contributed by atoms with Crippen LogP contribution in [0.1, 0.15) is 51.0 Å². The maximum atomic E-state index is 12.8. The Bertz CT molecular complexity index is 803. The number of alkyl carbamates (subject to hydrolysis) is 1. The van der Waals surface area contributed by atoms with Crippen LogP contribution in [-0.2, 0) is 25.7 Å². The molecule has 0 unspecified atom stereocenters. The van der Waals surface area contributed by atoms with E-state index in [1.165, 1.54) is 6.92 Å². The highest BCUT2D eigenvalue weighted by Crippen LogP contribution is 2.27. The highest BCUT2D eigenvalue weighted by Gasteiger charge is 2.27. The topological polar surface area (TPSA) is 140 Å². The Balaban J connectivity index is 2.04. The Kier molecular flexibility index (Phi) is 9.54. The second kappa shape index (κ2) is 12.4. The van der Waals surface area contributed by atoms with Crippen LogP contribution in [0.25, 0.3) is 0 Å². The molecule has 1 fully saturated rings. The first kappa shape index (κ1) is 23.9. The fraction of sp³-hybridized carbons (Fsp3) is 0.455.